The number of benzene rings is 1. The first kappa shape index (κ1) is 12.0. The molecule has 1 aromatic heterocycles. The van der Waals surface area contributed by atoms with Gasteiger partial charge in [0.25, 0.3) is 0 Å². The molecule has 2 rings (SSSR count). The molecule has 2 aromatic rings. The Kier molecular flexibility index (Phi) is 3.47. The summed E-state index contributed by atoms with van der Waals surface area (Å²) in [6, 6.07) is 9.33. The zero-order valence-corrected chi connectivity index (χ0v) is 9.52. The number of ketones is 1. The fourth-order valence-electron chi connectivity index (χ4n) is 1.59. The number of hydrogen-bond acceptors (Lipinski definition) is 4. The highest BCUT2D eigenvalue weighted by molar-refractivity contribution is 5.80. The molecule has 0 radical (unpaired) electrons. The Morgan fingerprint density at radius 2 is 2.06 bits per heavy atom. The first-order valence-electron chi connectivity index (χ1n) is 5.37. The van der Waals surface area contributed by atoms with Crippen molar-refractivity contribution in [1.82, 2.24) is 9.78 Å². The molecule has 6 nitrogen and oxygen atoms in total. The van der Waals surface area contributed by atoms with Crippen molar-refractivity contribution in [2.45, 2.75) is 13.0 Å². The Bertz CT molecular complexity index is 563. The summed E-state index contributed by atoms with van der Waals surface area (Å²) in [6.07, 6.45) is 2.69. The van der Waals surface area contributed by atoms with E-state index >= 15 is 0 Å². The average molecular weight is 245 g/mol. The first-order valence-corrected chi connectivity index (χ1v) is 5.37. The van der Waals surface area contributed by atoms with E-state index in [-0.39, 0.29) is 18.0 Å². The van der Waals surface area contributed by atoms with Gasteiger partial charge < -0.3 is 0 Å². The molecule has 18 heavy (non-hydrogen) atoms. The molecule has 1 aromatic carbocycles. The molecule has 0 atom stereocenters. The molecule has 0 unspecified atom stereocenters. The third kappa shape index (κ3) is 3.00. The molecule has 6 heteroatoms. The van der Waals surface area contributed by atoms with E-state index in [9.17, 15) is 14.9 Å². The van der Waals surface area contributed by atoms with E-state index in [1.807, 2.05) is 30.3 Å². The summed E-state index contributed by atoms with van der Waals surface area (Å²) in [5, 5.41) is 14.2. The number of nitrogens with zero attached hydrogens (tertiary/aromatic N) is 3. The number of carbonyl (C=O) groups excluding carboxylic acids is 1. The quantitative estimate of drug-likeness (QED) is 0.592. The van der Waals surface area contributed by atoms with Crippen LogP contribution in [-0.4, -0.2) is 20.5 Å². The molecule has 1 heterocycles. The molecule has 0 saturated carbocycles. The second kappa shape index (κ2) is 5.22. The van der Waals surface area contributed by atoms with Crippen LogP contribution in [0.25, 0.3) is 0 Å². The predicted octanol–water partition coefficient (Wildman–Crippen LogP) is 1.60. The molecule has 92 valence electrons. The SMILES string of the molecule is O=C(Cc1ccccc1)Cn1cc([N+](=O)[O-])cn1. The Balaban J connectivity index is 1.97. The number of hydrogen-bond donors (Lipinski definition) is 0. The van der Waals surface area contributed by atoms with E-state index in [2.05, 4.69) is 5.10 Å². The molecular weight excluding hydrogens is 234 g/mol. The maximum absolute atomic E-state index is 11.7. The lowest BCUT2D eigenvalue weighted by Gasteiger charge is -2.01. The van der Waals surface area contributed by atoms with E-state index < -0.39 is 4.92 Å². The summed E-state index contributed by atoms with van der Waals surface area (Å²) in [5.74, 6) is -0.0424. The second-order valence-electron chi connectivity index (χ2n) is 3.85. The smallest absolute Gasteiger partial charge is 0.297 e. The van der Waals surface area contributed by atoms with Gasteiger partial charge in [0.15, 0.2) is 5.78 Å². The maximum atomic E-state index is 11.7. The summed E-state index contributed by atoms with van der Waals surface area (Å²) in [6.45, 7) is 0.0444. The Morgan fingerprint density at radius 3 is 2.67 bits per heavy atom. The van der Waals surface area contributed by atoms with Crippen LogP contribution in [0.5, 0.6) is 0 Å². The molecule has 0 aliphatic carbocycles. The van der Waals surface area contributed by atoms with Gasteiger partial charge >= 0.3 is 5.69 Å². The van der Waals surface area contributed by atoms with Crippen LogP contribution in [-0.2, 0) is 17.8 Å². The summed E-state index contributed by atoms with van der Waals surface area (Å²) >= 11 is 0. The van der Waals surface area contributed by atoms with Gasteiger partial charge in [0.2, 0.25) is 0 Å². The summed E-state index contributed by atoms with van der Waals surface area (Å²) in [7, 11) is 0. The van der Waals surface area contributed by atoms with Crippen LogP contribution in [0.2, 0.25) is 0 Å². The lowest BCUT2D eigenvalue weighted by Crippen LogP contribution is -2.12. The lowest BCUT2D eigenvalue weighted by atomic mass is 10.1. The van der Waals surface area contributed by atoms with Crippen LogP contribution in [0, 0.1) is 10.1 Å². The Hall–Kier alpha value is -2.50. The van der Waals surface area contributed by atoms with E-state index in [0.717, 1.165) is 11.8 Å². The van der Waals surface area contributed by atoms with Gasteiger partial charge in [0, 0.05) is 6.42 Å². The standard InChI is InChI=1S/C12H11N3O3/c16-12(6-10-4-2-1-3-5-10)9-14-8-11(7-13-14)15(17)18/h1-5,7-8H,6,9H2. The number of Topliss-reactive ketones (excluding diaryl/α,β-unsaturated/α-hetero) is 1. The van der Waals surface area contributed by atoms with Crippen molar-refractivity contribution in [1.29, 1.82) is 0 Å². The normalized spacial score (nSPS) is 10.2. The fourth-order valence-corrected chi connectivity index (χ4v) is 1.59. The van der Waals surface area contributed by atoms with Gasteiger partial charge in [-0.3, -0.25) is 19.6 Å². The van der Waals surface area contributed by atoms with Crippen molar-refractivity contribution >= 4 is 11.5 Å². The molecule has 0 aliphatic rings. The Labute approximate surface area is 103 Å². The van der Waals surface area contributed by atoms with E-state index in [4.69, 9.17) is 0 Å². The number of nitro groups is 1. The number of aromatic nitrogens is 2. The van der Waals surface area contributed by atoms with Crippen molar-refractivity contribution < 1.29 is 9.72 Å². The molecule has 0 aliphatic heterocycles. The van der Waals surface area contributed by atoms with Crippen molar-refractivity contribution in [3.8, 4) is 0 Å². The van der Waals surface area contributed by atoms with Gasteiger partial charge in [0.05, 0.1) is 4.92 Å². The lowest BCUT2D eigenvalue weighted by molar-refractivity contribution is -0.385. The molecular formula is C12H11N3O3. The van der Waals surface area contributed by atoms with Gasteiger partial charge in [0.1, 0.15) is 18.9 Å². The summed E-state index contributed by atoms with van der Waals surface area (Å²) in [4.78, 5) is 21.7. The maximum Gasteiger partial charge on any atom is 0.307 e. The van der Waals surface area contributed by atoms with Gasteiger partial charge in [-0.1, -0.05) is 30.3 Å². The van der Waals surface area contributed by atoms with Crippen LogP contribution in [0.3, 0.4) is 0 Å². The predicted molar refractivity (Wildman–Crippen MR) is 64.0 cm³/mol. The van der Waals surface area contributed by atoms with Crippen molar-refractivity contribution in [2.24, 2.45) is 0 Å². The molecule has 0 fully saturated rings. The number of carbonyl (C=O) groups is 1. The Morgan fingerprint density at radius 1 is 1.33 bits per heavy atom. The molecule has 0 spiro atoms. The van der Waals surface area contributed by atoms with Crippen LogP contribution in [0.4, 0.5) is 5.69 Å². The minimum absolute atomic E-state index is 0.0424. The van der Waals surface area contributed by atoms with Crippen molar-refractivity contribution in [3.05, 3.63) is 58.4 Å². The molecule has 0 amide bonds. The van der Waals surface area contributed by atoms with Gasteiger partial charge in [-0.2, -0.15) is 5.10 Å². The van der Waals surface area contributed by atoms with E-state index in [0.29, 0.717) is 6.42 Å². The zero-order valence-electron chi connectivity index (χ0n) is 9.52. The van der Waals surface area contributed by atoms with Crippen LogP contribution < -0.4 is 0 Å². The number of rotatable bonds is 5. The van der Waals surface area contributed by atoms with Gasteiger partial charge in [-0.05, 0) is 5.56 Å². The fraction of sp³-hybridized carbons (Fsp3) is 0.167. The summed E-state index contributed by atoms with van der Waals surface area (Å²) in [5.41, 5.74) is 0.812. The highest BCUT2D eigenvalue weighted by Gasteiger charge is 2.11. The topological polar surface area (TPSA) is 78.0 Å². The van der Waals surface area contributed by atoms with Gasteiger partial charge in [-0.15, -0.1) is 0 Å². The highest BCUT2D eigenvalue weighted by atomic mass is 16.6. The highest BCUT2D eigenvalue weighted by Crippen LogP contribution is 2.08. The van der Waals surface area contributed by atoms with Crippen LogP contribution in [0.15, 0.2) is 42.7 Å². The van der Waals surface area contributed by atoms with Crippen molar-refractivity contribution in [3.63, 3.8) is 0 Å². The van der Waals surface area contributed by atoms with Gasteiger partial charge in [-0.25, -0.2) is 0 Å². The third-order valence-corrected chi connectivity index (χ3v) is 2.41. The summed E-state index contributed by atoms with van der Waals surface area (Å²) < 4.78 is 1.28. The minimum atomic E-state index is -0.537. The molecule has 0 saturated heterocycles. The monoisotopic (exact) mass is 245 g/mol. The minimum Gasteiger partial charge on any atom is -0.297 e. The largest absolute Gasteiger partial charge is 0.307 e. The first-order chi connectivity index (χ1) is 8.65. The average Bonchev–Trinajstić information content (AvgIpc) is 2.78. The zero-order chi connectivity index (χ0) is 13.0. The molecule has 0 bridgehead atoms. The second-order valence-corrected chi connectivity index (χ2v) is 3.85. The van der Waals surface area contributed by atoms with Crippen LogP contribution >= 0.6 is 0 Å². The van der Waals surface area contributed by atoms with Crippen LogP contribution in [0.1, 0.15) is 5.56 Å². The van der Waals surface area contributed by atoms with E-state index in [1.165, 1.54) is 10.9 Å². The van der Waals surface area contributed by atoms with E-state index in [1.54, 1.807) is 0 Å². The van der Waals surface area contributed by atoms with Crippen molar-refractivity contribution in [2.75, 3.05) is 0 Å². The third-order valence-electron chi connectivity index (χ3n) is 2.41. The molecule has 0 N–H and O–H groups in total.